The molecular weight excluding hydrogens is 749 g/mol. The fourth-order valence-electron chi connectivity index (χ4n) is 9.95. The first-order valence-electron chi connectivity index (χ1n) is 21.3. The van der Waals surface area contributed by atoms with E-state index in [0.717, 1.165) is 65.0 Å². The number of nitro benzene ring substituents is 1. The predicted octanol–water partition coefficient (Wildman–Crippen LogP) is 7.47. The van der Waals surface area contributed by atoms with E-state index in [4.69, 9.17) is 18.9 Å². The lowest BCUT2D eigenvalue weighted by molar-refractivity contribution is -0.384. The Morgan fingerprint density at radius 2 is 1.14 bits per heavy atom. The van der Waals surface area contributed by atoms with Crippen LogP contribution in [0.3, 0.4) is 0 Å². The lowest BCUT2D eigenvalue weighted by atomic mass is 9.80. The molecule has 0 saturated carbocycles. The van der Waals surface area contributed by atoms with Gasteiger partial charge >= 0.3 is 11.9 Å². The summed E-state index contributed by atoms with van der Waals surface area (Å²) in [5, 5.41) is 15.2. The van der Waals surface area contributed by atoms with Gasteiger partial charge in [0.1, 0.15) is 0 Å². The van der Waals surface area contributed by atoms with Gasteiger partial charge in [0.2, 0.25) is 12.6 Å². The van der Waals surface area contributed by atoms with Crippen molar-refractivity contribution in [1.82, 2.24) is 15.1 Å². The molecule has 5 heterocycles. The van der Waals surface area contributed by atoms with E-state index in [0.29, 0.717) is 54.8 Å². The summed E-state index contributed by atoms with van der Waals surface area (Å²) < 4.78 is 24.4. The zero-order valence-corrected chi connectivity index (χ0v) is 34.1. The van der Waals surface area contributed by atoms with Gasteiger partial charge in [0.25, 0.3) is 5.69 Å². The highest BCUT2D eigenvalue weighted by molar-refractivity contribution is 6.00. The Labute approximate surface area is 346 Å². The van der Waals surface area contributed by atoms with Crippen molar-refractivity contribution < 1.29 is 33.5 Å². The van der Waals surface area contributed by atoms with Crippen molar-refractivity contribution >= 4 is 17.6 Å². The highest BCUT2D eigenvalue weighted by Crippen LogP contribution is 2.42. The Bertz CT molecular complexity index is 1910. The number of allylic oxidation sites excluding steroid dienone is 2. The molecule has 0 radical (unpaired) electrons. The summed E-state index contributed by atoms with van der Waals surface area (Å²) in [7, 11) is 0. The summed E-state index contributed by atoms with van der Waals surface area (Å²) in [6.07, 6.45) is 3.92. The number of nitrogens with one attached hydrogen (secondary N) is 1. The fourth-order valence-corrected chi connectivity index (χ4v) is 9.95. The summed E-state index contributed by atoms with van der Waals surface area (Å²) >= 11 is 0. The highest BCUT2D eigenvalue weighted by atomic mass is 16.7. The number of piperidine rings is 2. The van der Waals surface area contributed by atoms with Gasteiger partial charge in [-0.2, -0.15) is 0 Å². The molecule has 4 fully saturated rings. The number of likely N-dealkylation sites (tertiary alicyclic amines) is 2. The smallest absolute Gasteiger partial charge is 0.339 e. The minimum Gasteiger partial charge on any atom is -0.432 e. The number of hydrogen-bond donors (Lipinski definition) is 1. The van der Waals surface area contributed by atoms with Crippen LogP contribution < -0.4 is 5.32 Å². The lowest BCUT2D eigenvalue weighted by Gasteiger charge is -2.34. The molecule has 3 aromatic carbocycles. The molecule has 0 bridgehead atoms. The van der Waals surface area contributed by atoms with Gasteiger partial charge in [0.05, 0.1) is 35.2 Å². The average molecular weight is 805 g/mol. The van der Waals surface area contributed by atoms with Crippen LogP contribution in [0.4, 0.5) is 5.69 Å². The molecular formula is C47H56N4O8. The van der Waals surface area contributed by atoms with Gasteiger partial charge < -0.3 is 24.3 Å². The largest absolute Gasteiger partial charge is 0.432 e. The maximum atomic E-state index is 14.3. The lowest BCUT2D eigenvalue weighted by Crippen LogP contribution is -2.36. The van der Waals surface area contributed by atoms with Crippen molar-refractivity contribution in [3.63, 3.8) is 0 Å². The standard InChI is InChI=1S/C47H56N4O8/c1-31-43(46(52)58-41-25-38(29-56-41)35-16-20-49(21-17-35)27-33-10-5-3-6-11-33)45(37-14-9-15-40(24-37)51(54)55)44(32(2)48-31)47(53)59-42-26-39(30-57-42)36-18-22-50(23-19-36)28-34-12-7-4-8-13-34/h3-15,24,35-36,38-39,41-42,45,48H,16-23,25-30H2,1-2H3. The van der Waals surface area contributed by atoms with Crippen LogP contribution >= 0.6 is 0 Å². The molecule has 5 aliphatic heterocycles. The third kappa shape index (κ3) is 9.78. The highest BCUT2D eigenvalue weighted by Gasteiger charge is 2.43. The molecule has 4 unspecified atom stereocenters. The van der Waals surface area contributed by atoms with Crippen LogP contribution in [-0.4, -0.2) is 78.6 Å². The zero-order chi connectivity index (χ0) is 40.9. The Kier molecular flexibility index (Phi) is 12.9. The van der Waals surface area contributed by atoms with Crippen LogP contribution in [0.5, 0.6) is 0 Å². The molecule has 12 nitrogen and oxygen atoms in total. The van der Waals surface area contributed by atoms with Crippen LogP contribution in [-0.2, 0) is 41.6 Å². The van der Waals surface area contributed by atoms with Crippen LogP contribution in [0.15, 0.2) is 107 Å². The molecule has 312 valence electrons. The number of dihydropyridines is 1. The van der Waals surface area contributed by atoms with Crippen LogP contribution in [0.2, 0.25) is 0 Å². The monoisotopic (exact) mass is 804 g/mol. The normalized spacial score (nSPS) is 26.2. The van der Waals surface area contributed by atoms with Crippen molar-refractivity contribution in [1.29, 1.82) is 0 Å². The summed E-state index contributed by atoms with van der Waals surface area (Å²) in [5.74, 6) is -0.776. The summed E-state index contributed by atoms with van der Waals surface area (Å²) in [6.45, 7) is 10.4. The van der Waals surface area contributed by atoms with Crippen molar-refractivity contribution in [2.75, 3.05) is 39.4 Å². The van der Waals surface area contributed by atoms with E-state index in [1.807, 2.05) is 12.1 Å². The number of carbonyl (C=O) groups excluding carboxylic acids is 2. The molecule has 0 aliphatic carbocycles. The SMILES string of the molecule is CC1=C(C(=O)OC2CC(C3CCN(Cc4ccccc4)CC3)CO2)C(c2cccc([N+](=O)[O-])c2)C(C(=O)OC2CC(C3CCN(Cc4ccccc4)CC3)CO2)=C(C)N1. The van der Waals surface area contributed by atoms with Crippen molar-refractivity contribution in [2.45, 2.75) is 84.0 Å². The van der Waals surface area contributed by atoms with Gasteiger partial charge in [0, 0.05) is 49.5 Å². The Hall–Kier alpha value is -4.88. The first kappa shape index (κ1) is 40.9. The number of hydrogen-bond acceptors (Lipinski definition) is 11. The van der Waals surface area contributed by atoms with E-state index in [-0.39, 0.29) is 28.7 Å². The van der Waals surface area contributed by atoms with Gasteiger partial charge in [-0.25, -0.2) is 9.59 Å². The summed E-state index contributed by atoms with van der Waals surface area (Å²) in [4.78, 5) is 45.0. The molecule has 4 atom stereocenters. The number of nitrogens with zero attached hydrogens (tertiary/aromatic N) is 3. The number of non-ortho nitro benzene ring substituents is 1. The average Bonchev–Trinajstić information content (AvgIpc) is 3.92. The quantitative estimate of drug-likeness (QED) is 0.111. The molecule has 0 amide bonds. The number of esters is 2. The molecule has 5 aliphatic rings. The number of nitro groups is 1. The van der Waals surface area contributed by atoms with E-state index in [2.05, 4.69) is 63.6 Å². The molecule has 59 heavy (non-hydrogen) atoms. The van der Waals surface area contributed by atoms with Crippen LogP contribution in [0.1, 0.15) is 75.0 Å². The van der Waals surface area contributed by atoms with E-state index < -0.39 is 35.4 Å². The van der Waals surface area contributed by atoms with Gasteiger partial charge in [-0.15, -0.1) is 0 Å². The third-order valence-corrected chi connectivity index (χ3v) is 13.2. The molecule has 12 heteroatoms. The van der Waals surface area contributed by atoms with E-state index in [1.54, 1.807) is 26.0 Å². The first-order valence-corrected chi connectivity index (χ1v) is 21.3. The second kappa shape index (κ2) is 18.6. The van der Waals surface area contributed by atoms with Crippen LogP contribution in [0, 0.1) is 33.8 Å². The van der Waals surface area contributed by atoms with Gasteiger partial charge in [-0.1, -0.05) is 72.8 Å². The minimum atomic E-state index is -0.978. The summed E-state index contributed by atoms with van der Waals surface area (Å²) in [5.41, 5.74) is 4.28. The number of benzene rings is 3. The first-order chi connectivity index (χ1) is 28.7. The second-order valence-corrected chi connectivity index (χ2v) is 17.0. The Morgan fingerprint density at radius 1 is 0.678 bits per heavy atom. The van der Waals surface area contributed by atoms with Gasteiger partial charge in [-0.3, -0.25) is 19.9 Å². The van der Waals surface area contributed by atoms with E-state index in [1.165, 1.54) is 23.3 Å². The van der Waals surface area contributed by atoms with Crippen molar-refractivity contribution in [3.8, 4) is 0 Å². The predicted molar refractivity (Wildman–Crippen MR) is 221 cm³/mol. The third-order valence-electron chi connectivity index (χ3n) is 13.2. The van der Waals surface area contributed by atoms with Gasteiger partial charge in [-0.05, 0) is 106 Å². The molecule has 0 spiro atoms. The molecule has 0 aromatic heterocycles. The number of carbonyl (C=O) groups is 2. The molecule has 1 N–H and O–H groups in total. The Morgan fingerprint density at radius 3 is 1.58 bits per heavy atom. The summed E-state index contributed by atoms with van der Waals surface area (Å²) in [6, 6.07) is 27.1. The van der Waals surface area contributed by atoms with Crippen molar-refractivity contribution in [3.05, 3.63) is 134 Å². The molecule has 4 saturated heterocycles. The molecule has 8 rings (SSSR count). The number of rotatable bonds is 12. The Balaban J connectivity index is 0.909. The zero-order valence-electron chi connectivity index (χ0n) is 34.1. The minimum absolute atomic E-state index is 0.148. The number of ether oxygens (including phenoxy) is 4. The van der Waals surface area contributed by atoms with Crippen molar-refractivity contribution in [2.24, 2.45) is 23.7 Å². The second-order valence-electron chi connectivity index (χ2n) is 17.0. The molecule has 3 aromatic rings. The van der Waals surface area contributed by atoms with E-state index in [9.17, 15) is 19.7 Å². The fraction of sp³-hybridized carbons (Fsp3) is 0.489. The maximum absolute atomic E-state index is 14.3. The van der Waals surface area contributed by atoms with Gasteiger partial charge in [0.15, 0.2) is 0 Å². The maximum Gasteiger partial charge on any atom is 0.339 e. The van der Waals surface area contributed by atoms with Crippen LogP contribution in [0.25, 0.3) is 0 Å². The topological polar surface area (TPSA) is 133 Å². The van der Waals surface area contributed by atoms with E-state index >= 15 is 0 Å².